The zero-order valence-electron chi connectivity index (χ0n) is 14.0. The average Bonchev–Trinajstić information content (AvgIpc) is 2.54. The Bertz CT molecular complexity index is 1030. The van der Waals surface area contributed by atoms with Gasteiger partial charge in [0.2, 0.25) is 0 Å². The lowest BCUT2D eigenvalue weighted by Crippen LogP contribution is -2.24. The summed E-state index contributed by atoms with van der Waals surface area (Å²) in [4.78, 5) is 48.6. The summed E-state index contributed by atoms with van der Waals surface area (Å²) in [6.45, 7) is 1.17. The molecule has 2 aromatic rings. The van der Waals surface area contributed by atoms with Crippen LogP contribution >= 0.6 is 15.9 Å². The van der Waals surface area contributed by atoms with Gasteiger partial charge in [-0.05, 0) is 33.6 Å². The topological polar surface area (TPSA) is 169 Å². The van der Waals surface area contributed by atoms with Crippen LogP contribution < -0.4 is 20.8 Å². The fraction of sp³-hybridized carbons (Fsp3) is 0.125. The van der Waals surface area contributed by atoms with E-state index in [0.717, 1.165) is 0 Å². The first-order valence-corrected chi connectivity index (χ1v) is 7.96. The lowest BCUT2D eigenvalue weighted by atomic mass is 9.95. The summed E-state index contributed by atoms with van der Waals surface area (Å²) in [6.07, 6.45) is 0. The molecule has 11 heteroatoms. The van der Waals surface area contributed by atoms with Crippen molar-refractivity contribution >= 4 is 39.7 Å². The van der Waals surface area contributed by atoms with E-state index in [2.05, 4.69) is 15.9 Å². The van der Waals surface area contributed by atoms with Gasteiger partial charge in [0.05, 0.1) is 11.6 Å². The van der Waals surface area contributed by atoms with E-state index in [-0.39, 0.29) is 21.5 Å². The van der Waals surface area contributed by atoms with Crippen molar-refractivity contribution in [2.75, 3.05) is 12.8 Å². The second kappa shape index (κ2) is 7.50. The summed E-state index contributed by atoms with van der Waals surface area (Å²) in [6, 6.07) is 2.52. The number of ether oxygens (including phenoxy) is 2. The number of methoxy groups -OCH3 is 1. The molecule has 0 aliphatic carbocycles. The number of carbonyl (C=O) groups is 3. The van der Waals surface area contributed by atoms with Gasteiger partial charge in [0.25, 0.3) is 5.56 Å². The van der Waals surface area contributed by atoms with Crippen molar-refractivity contribution in [3.05, 3.63) is 38.1 Å². The van der Waals surface area contributed by atoms with E-state index in [9.17, 15) is 29.4 Å². The maximum atomic E-state index is 12.1. The van der Waals surface area contributed by atoms with Gasteiger partial charge in [0.15, 0.2) is 11.5 Å². The molecular weight excluding hydrogens is 428 g/mol. The molecule has 0 atom stereocenters. The molecule has 27 heavy (non-hydrogen) atoms. The lowest BCUT2D eigenvalue weighted by Gasteiger charge is -2.16. The highest BCUT2D eigenvalue weighted by atomic mass is 79.9. The number of pyridine rings is 1. The summed E-state index contributed by atoms with van der Waals surface area (Å²) in [5.41, 5.74) is 2.71. The minimum absolute atomic E-state index is 0.000289. The molecule has 0 saturated heterocycles. The standard InChI is InChI=1S/C16H13BrN2O8/c1-5(20)27-12-7(17)3-6(4-8(12)26-2)9-10(15(22)23)13(18)19-14(21)11(9)16(24)25/h3-4H,1-2H3,(H,22,23)(H,24,25)(H3,18,19,21). The number of halogens is 1. The fourth-order valence-corrected chi connectivity index (χ4v) is 2.97. The molecule has 1 heterocycles. The number of hydrogen-bond acceptors (Lipinski definition) is 7. The third-order valence-corrected chi connectivity index (χ3v) is 4.03. The number of hydrogen-bond donors (Lipinski definition) is 4. The molecule has 10 nitrogen and oxygen atoms in total. The van der Waals surface area contributed by atoms with Crippen molar-refractivity contribution in [3.63, 3.8) is 0 Å². The van der Waals surface area contributed by atoms with Gasteiger partial charge in [-0.15, -0.1) is 0 Å². The van der Waals surface area contributed by atoms with Crippen LogP contribution in [0.5, 0.6) is 11.5 Å². The molecule has 1 aromatic carbocycles. The molecule has 0 saturated carbocycles. The maximum absolute atomic E-state index is 12.1. The number of carboxylic acid groups (broad SMARTS) is 2. The maximum Gasteiger partial charge on any atom is 0.342 e. The minimum atomic E-state index is -1.65. The zero-order valence-corrected chi connectivity index (χ0v) is 15.5. The summed E-state index contributed by atoms with van der Waals surface area (Å²) in [7, 11) is 1.26. The van der Waals surface area contributed by atoms with Crippen LogP contribution in [-0.2, 0) is 4.79 Å². The van der Waals surface area contributed by atoms with E-state index in [0.29, 0.717) is 0 Å². The number of H-pyrrole nitrogens is 1. The third-order valence-electron chi connectivity index (χ3n) is 3.44. The number of aromatic amines is 1. The lowest BCUT2D eigenvalue weighted by molar-refractivity contribution is -0.132. The van der Waals surface area contributed by atoms with Crippen LogP contribution in [-0.4, -0.2) is 40.2 Å². The summed E-state index contributed by atoms with van der Waals surface area (Å²) in [5.74, 6) is -4.33. The number of rotatable bonds is 5. The van der Waals surface area contributed by atoms with Crippen LogP contribution in [0.2, 0.25) is 0 Å². The van der Waals surface area contributed by atoms with E-state index in [1.54, 1.807) is 0 Å². The van der Waals surface area contributed by atoms with Crippen LogP contribution in [0.4, 0.5) is 5.82 Å². The van der Waals surface area contributed by atoms with Crippen LogP contribution in [0.3, 0.4) is 0 Å². The number of carbonyl (C=O) groups excluding carboxylic acids is 1. The van der Waals surface area contributed by atoms with Crippen molar-refractivity contribution in [2.24, 2.45) is 0 Å². The molecule has 2 rings (SSSR count). The molecule has 0 aliphatic rings. The molecule has 0 fully saturated rings. The fourth-order valence-electron chi connectivity index (χ4n) is 2.44. The van der Waals surface area contributed by atoms with Crippen molar-refractivity contribution in [1.82, 2.24) is 4.98 Å². The Labute approximate surface area is 159 Å². The van der Waals surface area contributed by atoms with Crippen LogP contribution in [0.15, 0.2) is 21.4 Å². The minimum Gasteiger partial charge on any atom is -0.493 e. The Kier molecular flexibility index (Phi) is 5.55. The molecule has 0 spiro atoms. The second-order valence-corrected chi connectivity index (χ2v) is 6.04. The Morgan fingerprint density at radius 1 is 1.15 bits per heavy atom. The molecule has 0 amide bonds. The number of nitrogen functional groups attached to an aromatic ring is 1. The van der Waals surface area contributed by atoms with E-state index < -0.39 is 46.0 Å². The number of aromatic nitrogens is 1. The summed E-state index contributed by atoms with van der Waals surface area (Å²) in [5, 5.41) is 18.9. The van der Waals surface area contributed by atoms with Crippen LogP contribution in [0, 0.1) is 0 Å². The van der Waals surface area contributed by atoms with Gasteiger partial charge >= 0.3 is 17.9 Å². The predicted molar refractivity (Wildman–Crippen MR) is 96.4 cm³/mol. The normalized spacial score (nSPS) is 10.3. The van der Waals surface area contributed by atoms with E-state index >= 15 is 0 Å². The van der Waals surface area contributed by atoms with Crippen LogP contribution in [0.1, 0.15) is 27.6 Å². The molecule has 0 radical (unpaired) electrons. The van der Waals surface area contributed by atoms with Crippen molar-refractivity contribution in [3.8, 4) is 22.6 Å². The number of esters is 1. The third kappa shape index (κ3) is 3.77. The summed E-state index contributed by atoms with van der Waals surface area (Å²) < 4.78 is 10.3. The van der Waals surface area contributed by atoms with Crippen molar-refractivity contribution in [1.29, 1.82) is 0 Å². The van der Waals surface area contributed by atoms with E-state index in [4.69, 9.17) is 15.2 Å². The molecule has 142 valence electrons. The van der Waals surface area contributed by atoms with Gasteiger partial charge in [-0.2, -0.15) is 0 Å². The largest absolute Gasteiger partial charge is 0.493 e. The molecular formula is C16H13BrN2O8. The molecule has 0 unspecified atom stereocenters. The van der Waals surface area contributed by atoms with E-state index in [1.807, 2.05) is 4.98 Å². The number of nitrogens with two attached hydrogens (primary N) is 1. The highest BCUT2D eigenvalue weighted by molar-refractivity contribution is 9.10. The van der Waals surface area contributed by atoms with Gasteiger partial charge in [-0.3, -0.25) is 9.59 Å². The Morgan fingerprint density at radius 2 is 1.74 bits per heavy atom. The Balaban J connectivity index is 2.95. The Hall–Kier alpha value is -3.34. The van der Waals surface area contributed by atoms with E-state index in [1.165, 1.54) is 26.2 Å². The molecule has 5 N–H and O–H groups in total. The second-order valence-electron chi connectivity index (χ2n) is 5.19. The smallest absolute Gasteiger partial charge is 0.342 e. The predicted octanol–water partition coefficient (Wildman–Crippen LogP) is 1.72. The number of anilines is 1. The quantitative estimate of drug-likeness (QED) is 0.399. The zero-order chi connectivity index (χ0) is 20.5. The number of benzene rings is 1. The first-order valence-electron chi connectivity index (χ1n) is 7.17. The number of nitrogens with one attached hydrogen (secondary N) is 1. The monoisotopic (exact) mass is 440 g/mol. The molecule has 0 bridgehead atoms. The molecule has 0 aliphatic heterocycles. The van der Waals surface area contributed by atoms with Gasteiger partial charge in [-0.1, -0.05) is 0 Å². The highest BCUT2D eigenvalue weighted by Crippen LogP contribution is 2.41. The molecule has 1 aromatic heterocycles. The van der Waals surface area contributed by atoms with Gasteiger partial charge in [0.1, 0.15) is 16.9 Å². The first kappa shape index (κ1) is 20.0. The highest BCUT2D eigenvalue weighted by Gasteiger charge is 2.28. The number of aromatic carboxylic acids is 2. The van der Waals surface area contributed by atoms with Gasteiger partial charge in [-0.25, -0.2) is 9.59 Å². The van der Waals surface area contributed by atoms with Crippen molar-refractivity contribution < 1.29 is 34.1 Å². The summed E-state index contributed by atoms with van der Waals surface area (Å²) >= 11 is 3.16. The van der Waals surface area contributed by atoms with Crippen molar-refractivity contribution in [2.45, 2.75) is 6.92 Å². The van der Waals surface area contributed by atoms with Gasteiger partial charge < -0.3 is 30.4 Å². The average molecular weight is 441 g/mol. The van der Waals surface area contributed by atoms with Crippen LogP contribution in [0.25, 0.3) is 11.1 Å². The number of carboxylic acids is 2. The Morgan fingerprint density at radius 3 is 2.22 bits per heavy atom. The van der Waals surface area contributed by atoms with Gasteiger partial charge in [0, 0.05) is 12.5 Å². The SMILES string of the molecule is COc1cc(-c2c(C(=O)O)c(N)[nH]c(=O)c2C(=O)O)cc(Br)c1OC(C)=O. The first-order chi connectivity index (χ1) is 12.6.